The Morgan fingerprint density at radius 1 is 1.53 bits per heavy atom. The van der Waals surface area contributed by atoms with Crippen molar-refractivity contribution in [1.82, 2.24) is 4.98 Å². The third-order valence-electron chi connectivity index (χ3n) is 3.90. The molecule has 2 heterocycles. The number of amides is 1. The summed E-state index contributed by atoms with van der Waals surface area (Å²) in [6.07, 6.45) is 2.98. The van der Waals surface area contributed by atoms with Crippen molar-refractivity contribution >= 4 is 29.0 Å². The van der Waals surface area contributed by atoms with Gasteiger partial charge in [0.15, 0.2) is 5.82 Å². The van der Waals surface area contributed by atoms with Crippen LogP contribution in [0.15, 0.2) is 12.1 Å². The van der Waals surface area contributed by atoms with E-state index in [1.807, 2.05) is 6.92 Å². The number of pyridine rings is 1. The van der Waals surface area contributed by atoms with Crippen LogP contribution >= 0.6 is 11.6 Å². The summed E-state index contributed by atoms with van der Waals surface area (Å²) in [7, 11) is 0. The molecule has 2 atom stereocenters. The van der Waals surface area contributed by atoms with E-state index in [0.717, 1.165) is 24.9 Å². The van der Waals surface area contributed by atoms with Gasteiger partial charge in [0.2, 0.25) is 5.91 Å². The van der Waals surface area contributed by atoms with E-state index in [0.29, 0.717) is 11.0 Å². The highest BCUT2D eigenvalue weighted by Crippen LogP contribution is 2.43. The molecule has 1 aromatic rings. The first-order chi connectivity index (χ1) is 8.09. The van der Waals surface area contributed by atoms with E-state index in [4.69, 9.17) is 11.6 Å². The molecule has 1 fully saturated rings. The molecule has 1 aliphatic heterocycles. The lowest BCUT2D eigenvalue weighted by Gasteiger charge is -2.27. The van der Waals surface area contributed by atoms with Crippen LogP contribution in [-0.2, 0) is 4.79 Å². The summed E-state index contributed by atoms with van der Waals surface area (Å²) in [6.45, 7) is 2.01. The summed E-state index contributed by atoms with van der Waals surface area (Å²) in [5, 5.41) is 6.73. The number of aromatic nitrogens is 1. The van der Waals surface area contributed by atoms with Crippen LogP contribution in [0, 0.1) is 5.41 Å². The standard InChI is InChI=1S/C12H14ClN3O/c1-12-6-2-3-8(12)15-10-7(14-11(12)17)4-5-9(13)16-10/h4-5,8H,2-3,6H2,1H3,(H,14,17)(H,15,16). The summed E-state index contributed by atoms with van der Waals surface area (Å²) in [6, 6.07) is 3.63. The van der Waals surface area contributed by atoms with Gasteiger partial charge in [0.1, 0.15) is 5.15 Å². The Bertz CT molecular complexity index is 491. The average molecular weight is 252 g/mol. The fourth-order valence-electron chi connectivity index (χ4n) is 2.75. The molecule has 17 heavy (non-hydrogen) atoms. The largest absolute Gasteiger partial charge is 0.364 e. The maximum atomic E-state index is 12.3. The van der Waals surface area contributed by atoms with Crippen molar-refractivity contribution in [3.8, 4) is 0 Å². The predicted molar refractivity (Wildman–Crippen MR) is 67.2 cm³/mol. The van der Waals surface area contributed by atoms with Crippen LogP contribution in [0.25, 0.3) is 0 Å². The highest BCUT2D eigenvalue weighted by molar-refractivity contribution is 6.29. The Morgan fingerprint density at radius 3 is 3.18 bits per heavy atom. The molecule has 4 nitrogen and oxygen atoms in total. The molecule has 1 aromatic heterocycles. The Morgan fingerprint density at radius 2 is 2.35 bits per heavy atom. The summed E-state index contributed by atoms with van der Waals surface area (Å²) >= 11 is 5.88. The smallest absolute Gasteiger partial charge is 0.232 e. The van der Waals surface area contributed by atoms with Gasteiger partial charge in [-0.3, -0.25) is 4.79 Å². The number of hydrogen-bond donors (Lipinski definition) is 2. The van der Waals surface area contributed by atoms with Gasteiger partial charge in [0.25, 0.3) is 0 Å². The maximum absolute atomic E-state index is 12.3. The van der Waals surface area contributed by atoms with Gasteiger partial charge in [-0.2, -0.15) is 0 Å². The van der Waals surface area contributed by atoms with Crippen molar-refractivity contribution < 1.29 is 4.79 Å². The lowest BCUT2D eigenvalue weighted by atomic mass is 9.84. The Kier molecular flexibility index (Phi) is 2.30. The molecule has 90 valence electrons. The second kappa shape index (κ2) is 3.60. The van der Waals surface area contributed by atoms with Crippen LogP contribution in [-0.4, -0.2) is 16.9 Å². The SMILES string of the molecule is CC12CCCC1Nc1nc(Cl)ccc1NC2=O. The average Bonchev–Trinajstić information content (AvgIpc) is 2.61. The Balaban J connectivity index is 2.06. The van der Waals surface area contributed by atoms with Crippen molar-refractivity contribution in [3.05, 3.63) is 17.3 Å². The highest BCUT2D eigenvalue weighted by Gasteiger charge is 2.47. The fourth-order valence-corrected chi connectivity index (χ4v) is 2.89. The number of anilines is 2. The molecule has 2 aliphatic rings. The van der Waals surface area contributed by atoms with Crippen LogP contribution in [0.5, 0.6) is 0 Å². The molecule has 0 spiro atoms. The minimum absolute atomic E-state index is 0.0790. The highest BCUT2D eigenvalue weighted by atomic mass is 35.5. The van der Waals surface area contributed by atoms with Gasteiger partial charge >= 0.3 is 0 Å². The fraction of sp³-hybridized carbons (Fsp3) is 0.500. The minimum atomic E-state index is -0.340. The number of rotatable bonds is 0. The number of halogens is 1. The van der Waals surface area contributed by atoms with Crippen molar-refractivity contribution in [3.63, 3.8) is 0 Å². The van der Waals surface area contributed by atoms with Crippen molar-refractivity contribution in [2.45, 2.75) is 32.2 Å². The number of fused-ring (bicyclic) bond motifs is 2. The zero-order valence-corrected chi connectivity index (χ0v) is 10.3. The summed E-state index contributed by atoms with van der Waals surface area (Å²) in [5.41, 5.74) is 0.378. The van der Waals surface area contributed by atoms with E-state index in [9.17, 15) is 4.79 Å². The van der Waals surface area contributed by atoms with Crippen molar-refractivity contribution in [2.24, 2.45) is 5.41 Å². The molecule has 0 aromatic carbocycles. The minimum Gasteiger partial charge on any atom is -0.364 e. The predicted octanol–water partition coefficient (Wildman–Crippen LogP) is 2.66. The Hall–Kier alpha value is -1.29. The third-order valence-corrected chi connectivity index (χ3v) is 4.11. The summed E-state index contributed by atoms with van der Waals surface area (Å²) in [5.74, 6) is 0.761. The van der Waals surface area contributed by atoms with E-state index in [1.165, 1.54) is 0 Å². The molecule has 2 N–H and O–H groups in total. The number of carbonyl (C=O) groups is 1. The maximum Gasteiger partial charge on any atom is 0.232 e. The monoisotopic (exact) mass is 251 g/mol. The van der Waals surface area contributed by atoms with Crippen LogP contribution in [0.3, 0.4) is 0 Å². The summed E-state index contributed by atoms with van der Waals surface area (Å²) < 4.78 is 0. The summed E-state index contributed by atoms with van der Waals surface area (Å²) in [4.78, 5) is 16.5. The normalized spacial score (nSPS) is 30.9. The van der Waals surface area contributed by atoms with Gasteiger partial charge in [0.05, 0.1) is 11.1 Å². The Labute approximate surface area is 105 Å². The molecule has 2 unspecified atom stereocenters. The number of carbonyl (C=O) groups excluding carboxylic acids is 1. The molecule has 3 rings (SSSR count). The van der Waals surface area contributed by atoms with E-state index in [2.05, 4.69) is 15.6 Å². The molecule has 1 amide bonds. The first-order valence-corrected chi connectivity index (χ1v) is 6.22. The van der Waals surface area contributed by atoms with Crippen LogP contribution in [0.2, 0.25) is 5.15 Å². The van der Waals surface area contributed by atoms with Gasteiger partial charge < -0.3 is 10.6 Å². The second-order valence-electron chi connectivity index (χ2n) is 4.99. The molecule has 1 saturated carbocycles. The number of nitrogens with zero attached hydrogens (tertiary/aromatic N) is 1. The van der Waals surface area contributed by atoms with E-state index < -0.39 is 0 Å². The van der Waals surface area contributed by atoms with Crippen molar-refractivity contribution in [2.75, 3.05) is 10.6 Å². The molecular weight excluding hydrogens is 238 g/mol. The van der Waals surface area contributed by atoms with Crippen LogP contribution in [0.4, 0.5) is 11.5 Å². The third kappa shape index (κ3) is 1.59. The lowest BCUT2D eigenvalue weighted by Crippen LogP contribution is -2.41. The lowest BCUT2D eigenvalue weighted by molar-refractivity contribution is -0.124. The van der Waals surface area contributed by atoms with Crippen molar-refractivity contribution in [1.29, 1.82) is 0 Å². The first kappa shape index (κ1) is 10.8. The van der Waals surface area contributed by atoms with Gasteiger partial charge in [0, 0.05) is 6.04 Å². The molecule has 1 aliphatic carbocycles. The number of nitrogens with one attached hydrogen (secondary N) is 2. The molecular formula is C12H14ClN3O. The molecule has 5 heteroatoms. The first-order valence-electron chi connectivity index (χ1n) is 5.84. The zero-order chi connectivity index (χ0) is 12.0. The van der Waals surface area contributed by atoms with Gasteiger partial charge in [-0.1, -0.05) is 18.0 Å². The van der Waals surface area contributed by atoms with E-state index >= 15 is 0 Å². The van der Waals surface area contributed by atoms with E-state index in [-0.39, 0.29) is 17.4 Å². The molecule has 0 radical (unpaired) electrons. The molecule has 0 saturated heterocycles. The second-order valence-corrected chi connectivity index (χ2v) is 5.38. The molecule has 0 bridgehead atoms. The van der Waals surface area contributed by atoms with Gasteiger partial charge in [-0.25, -0.2) is 4.98 Å². The zero-order valence-electron chi connectivity index (χ0n) is 9.59. The van der Waals surface area contributed by atoms with Gasteiger partial charge in [-0.15, -0.1) is 0 Å². The van der Waals surface area contributed by atoms with Crippen LogP contribution in [0.1, 0.15) is 26.2 Å². The number of hydrogen-bond acceptors (Lipinski definition) is 3. The van der Waals surface area contributed by atoms with E-state index in [1.54, 1.807) is 12.1 Å². The van der Waals surface area contributed by atoms with Crippen LogP contribution < -0.4 is 10.6 Å². The van der Waals surface area contributed by atoms with Gasteiger partial charge in [-0.05, 0) is 31.9 Å². The topological polar surface area (TPSA) is 54.0 Å². The quantitative estimate of drug-likeness (QED) is 0.697.